The Kier molecular flexibility index (Phi) is 7.04. The van der Waals surface area contributed by atoms with Crippen LogP contribution in [0.5, 0.6) is 0 Å². The minimum atomic E-state index is -0.471. The molecule has 1 rings (SSSR count). The second-order valence-corrected chi connectivity index (χ2v) is 9.54. The summed E-state index contributed by atoms with van der Waals surface area (Å²) in [7, 11) is 2.10. The normalized spacial score (nSPS) is 16.6. The summed E-state index contributed by atoms with van der Waals surface area (Å²) >= 11 is 0. The second-order valence-electron chi connectivity index (χ2n) is 9.54. The number of nitrogens with zero attached hydrogens (tertiary/aromatic N) is 2. The van der Waals surface area contributed by atoms with Gasteiger partial charge in [-0.05, 0) is 60.4 Å². The molecule has 1 heterocycles. The summed E-state index contributed by atoms with van der Waals surface area (Å²) in [5.41, 5.74) is -0.214. The standard InChI is InChI=1S/C20H37N3O3/c1-13-12-23(18(25)21-17(13)24)15(3)26-16(11-19(4,5)6)14(2)22(10)20(7,8)9/h12,14-16H,11H2,1-10H3,(H,21,24,25)/t14-,15-,16-/m1/s1. The zero-order valence-corrected chi connectivity index (χ0v) is 18.1. The number of rotatable bonds is 6. The van der Waals surface area contributed by atoms with Crippen LogP contribution in [-0.4, -0.2) is 39.2 Å². The van der Waals surface area contributed by atoms with Crippen molar-refractivity contribution in [3.05, 3.63) is 32.6 Å². The molecule has 0 saturated carbocycles. The van der Waals surface area contributed by atoms with Gasteiger partial charge in [-0.25, -0.2) is 4.79 Å². The first-order valence-corrected chi connectivity index (χ1v) is 9.34. The number of likely N-dealkylation sites (N-methyl/N-ethyl adjacent to an activating group) is 1. The Bertz CT molecular complexity index is 707. The SMILES string of the molecule is Cc1cn([C@@H](C)O[C@H](CC(C)(C)C)[C@@H](C)N(C)C(C)(C)C)c(=O)[nH]c1=O. The molecule has 0 radical (unpaired) electrons. The van der Waals surface area contributed by atoms with E-state index in [4.69, 9.17) is 4.74 Å². The minimum absolute atomic E-state index is 0.00750. The molecule has 0 aliphatic rings. The van der Waals surface area contributed by atoms with E-state index < -0.39 is 11.9 Å². The zero-order valence-electron chi connectivity index (χ0n) is 18.1. The van der Waals surface area contributed by atoms with Crippen molar-refractivity contribution in [2.24, 2.45) is 5.41 Å². The predicted molar refractivity (Wildman–Crippen MR) is 107 cm³/mol. The summed E-state index contributed by atoms with van der Waals surface area (Å²) in [6, 6.07) is 0.163. The molecule has 0 aliphatic carbocycles. The van der Waals surface area contributed by atoms with E-state index in [1.807, 2.05) is 6.92 Å². The lowest BCUT2D eigenvalue weighted by molar-refractivity contribution is -0.102. The van der Waals surface area contributed by atoms with E-state index in [0.717, 1.165) is 6.42 Å². The Morgan fingerprint density at radius 2 is 1.69 bits per heavy atom. The van der Waals surface area contributed by atoms with Gasteiger partial charge in [0.05, 0.1) is 6.10 Å². The van der Waals surface area contributed by atoms with Crippen molar-refractivity contribution in [3.63, 3.8) is 0 Å². The van der Waals surface area contributed by atoms with Gasteiger partial charge in [0, 0.05) is 23.3 Å². The van der Waals surface area contributed by atoms with Crippen LogP contribution >= 0.6 is 0 Å². The van der Waals surface area contributed by atoms with Gasteiger partial charge in [0.25, 0.3) is 5.56 Å². The lowest BCUT2D eigenvalue weighted by Crippen LogP contribution is -2.51. The first-order chi connectivity index (χ1) is 11.6. The molecule has 6 nitrogen and oxygen atoms in total. The van der Waals surface area contributed by atoms with E-state index in [9.17, 15) is 9.59 Å². The quantitative estimate of drug-likeness (QED) is 0.838. The topological polar surface area (TPSA) is 67.3 Å². The van der Waals surface area contributed by atoms with Crippen LogP contribution in [0.4, 0.5) is 0 Å². The van der Waals surface area contributed by atoms with Crippen LogP contribution < -0.4 is 11.2 Å². The maximum atomic E-state index is 12.2. The average Bonchev–Trinajstić information content (AvgIpc) is 2.46. The van der Waals surface area contributed by atoms with Crippen molar-refractivity contribution >= 4 is 0 Å². The fraction of sp³-hybridized carbons (Fsp3) is 0.800. The van der Waals surface area contributed by atoms with Crippen LogP contribution in [-0.2, 0) is 4.74 Å². The van der Waals surface area contributed by atoms with E-state index in [0.29, 0.717) is 5.56 Å². The Labute approximate surface area is 157 Å². The highest BCUT2D eigenvalue weighted by Crippen LogP contribution is 2.29. The molecule has 0 aromatic carbocycles. The molecule has 1 aromatic heterocycles. The minimum Gasteiger partial charge on any atom is -0.353 e. The molecule has 0 unspecified atom stereocenters. The van der Waals surface area contributed by atoms with Crippen molar-refractivity contribution in [2.75, 3.05) is 7.05 Å². The Hall–Kier alpha value is -1.40. The number of hydrogen-bond acceptors (Lipinski definition) is 4. The molecule has 26 heavy (non-hydrogen) atoms. The van der Waals surface area contributed by atoms with E-state index in [1.54, 1.807) is 13.1 Å². The Morgan fingerprint density at radius 3 is 2.15 bits per heavy atom. The van der Waals surface area contributed by atoms with Crippen LogP contribution in [0.25, 0.3) is 0 Å². The number of H-pyrrole nitrogens is 1. The highest BCUT2D eigenvalue weighted by Gasteiger charge is 2.33. The lowest BCUT2D eigenvalue weighted by Gasteiger charge is -2.43. The van der Waals surface area contributed by atoms with Gasteiger partial charge in [0.2, 0.25) is 0 Å². The van der Waals surface area contributed by atoms with E-state index in [2.05, 4.69) is 65.4 Å². The van der Waals surface area contributed by atoms with Gasteiger partial charge in [0.1, 0.15) is 6.23 Å². The molecule has 0 bridgehead atoms. The Balaban J connectivity index is 3.15. The van der Waals surface area contributed by atoms with Crippen LogP contribution in [0.1, 0.15) is 73.6 Å². The molecule has 150 valence electrons. The van der Waals surface area contributed by atoms with Crippen LogP contribution in [0.3, 0.4) is 0 Å². The molecular formula is C20H37N3O3. The third kappa shape index (κ3) is 6.09. The van der Waals surface area contributed by atoms with Gasteiger partial charge in [-0.3, -0.25) is 19.2 Å². The highest BCUT2D eigenvalue weighted by atomic mass is 16.5. The third-order valence-electron chi connectivity index (χ3n) is 4.93. The van der Waals surface area contributed by atoms with Gasteiger partial charge in [-0.1, -0.05) is 20.8 Å². The van der Waals surface area contributed by atoms with Crippen molar-refractivity contribution < 1.29 is 4.74 Å². The van der Waals surface area contributed by atoms with Crippen molar-refractivity contribution in [3.8, 4) is 0 Å². The molecule has 0 spiro atoms. The monoisotopic (exact) mass is 367 g/mol. The predicted octanol–water partition coefficient (Wildman–Crippen LogP) is 3.30. The first-order valence-electron chi connectivity index (χ1n) is 9.34. The number of hydrogen-bond donors (Lipinski definition) is 1. The summed E-state index contributed by atoms with van der Waals surface area (Å²) < 4.78 is 7.82. The van der Waals surface area contributed by atoms with E-state index in [1.165, 1.54) is 4.57 Å². The summed E-state index contributed by atoms with van der Waals surface area (Å²) in [4.78, 5) is 28.4. The summed E-state index contributed by atoms with van der Waals surface area (Å²) in [5.74, 6) is 0. The molecule has 0 fully saturated rings. The molecule has 0 aliphatic heterocycles. The fourth-order valence-corrected chi connectivity index (χ4v) is 2.97. The number of aromatic amines is 1. The third-order valence-corrected chi connectivity index (χ3v) is 4.93. The molecule has 1 N–H and O–H groups in total. The Morgan fingerprint density at radius 1 is 1.15 bits per heavy atom. The maximum Gasteiger partial charge on any atom is 0.330 e. The van der Waals surface area contributed by atoms with Crippen LogP contribution in [0.15, 0.2) is 15.8 Å². The summed E-state index contributed by atoms with van der Waals surface area (Å²) in [6.07, 6.45) is 1.89. The molecule has 0 saturated heterocycles. The maximum absolute atomic E-state index is 12.2. The van der Waals surface area contributed by atoms with E-state index in [-0.39, 0.29) is 28.7 Å². The van der Waals surface area contributed by atoms with Gasteiger partial charge in [-0.15, -0.1) is 0 Å². The number of nitrogens with one attached hydrogen (secondary N) is 1. The first kappa shape index (κ1) is 22.6. The van der Waals surface area contributed by atoms with Crippen LogP contribution in [0, 0.1) is 12.3 Å². The summed E-state index contributed by atoms with van der Waals surface area (Å²) in [6.45, 7) is 18.8. The lowest BCUT2D eigenvalue weighted by atomic mass is 9.86. The van der Waals surface area contributed by atoms with Crippen molar-refractivity contribution in [1.29, 1.82) is 0 Å². The van der Waals surface area contributed by atoms with Crippen LogP contribution in [0.2, 0.25) is 0 Å². The number of ether oxygens (including phenoxy) is 1. The largest absolute Gasteiger partial charge is 0.353 e. The molecule has 6 heteroatoms. The average molecular weight is 368 g/mol. The molecule has 1 aromatic rings. The van der Waals surface area contributed by atoms with Crippen molar-refractivity contribution in [1.82, 2.24) is 14.5 Å². The molecular weight excluding hydrogens is 330 g/mol. The highest BCUT2D eigenvalue weighted by molar-refractivity contribution is 5.01. The fourth-order valence-electron chi connectivity index (χ4n) is 2.97. The number of aromatic nitrogens is 2. The molecule has 3 atom stereocenters. The summed E-state index contributed by atoms with van der Waals surface area (Å²) in [5, 5.41) is 0. The van der Waals surface area contributed by atoms with Gasteiger partial charge >= 0.3 is 5.69 Å². The van der Waals surface area contributed by atoms with Gasteiger partial charge in [0.15, 0.2) is 0 Å². The smallest absolute Gasteiger partial charge is 0.330 e. The van der Waals surface area contributed by atoms with E-state index >= 15 is 0 Å². The molecule has 0 amide bonds. The zero-order chi connectivity index (χ0) is 20.4. The second kappa shape index (κ2) is 8.09. The van der Waals surface area contributed by atoms with Crippen molar-refractivity contribution in [2.45, 2.75) is 92.6 Å². The number of aryl methyl sites for hydroxylation is 1. The van der Waals surface area contributed by atoms with Gasteiger partial charge in [-0.2, -0.15) is 0 Å². The van der Waals surface area contributed by atoms with Gasteiger partial charge < -0.3 is 4.74 Å².